The molecule has 2 atom stereocenters. The van der Waals surface area contributed by atoms with Gasteiger partial charge in [0, 0.05) is 8.96 Å². The summed E-state index contributed by atoms with van der Waals surface area (Å²) in [6, 6.07) is 0. The fourth-order valence-electron chi connectivity index (χ4n) is 1.92. The summed E-state index contributed by atoms with van der Waals surface area (Å²) in [7, 11) is 0. The molecule has 0 saturated carbocycles. The lowest BCUT2D eigenvalue weighted by Crippen LogP contribution is -2.33. The Kier molecular flexibility index (Phi) is 3.58. The van der Waals surface area contributed by atoms with Crippen molar-refractivity contribution < 1.29 is 0 Å². The van der Waals surface area contributed by atoms with E-state index in [1.807, 2.05) is 50.3 Å². The van der Waals surface area contributed by atoms with Crippen LogP contribution < -0.4 is 11.5 Å². The van der Waals surface area contributed by atoms with Crippen LogP contribution in [-0.4, -0.2) is 11.1 Å². The highest BCUT2D eigenvalue weighted by molar-refractivity contribution is 9.12. The second-order valence-electron chi connectivity index (χ2n) is 5.21. The maximum absolute atomic E-state index is 6.06. The molecular weight excluding hydrogens is 356 g/mol. The Labute approximate surface area is 124 Å². The molecule has 4 heteroatoms. The van der Waals surface area contributed by atoms with Gasteiger partial charge in [0.25, 0.3) is 0 Å². The first-order valence-electron chi connectivity index (χ1n) is 5.68. The molecular formula is C14H16Br2N2. The Bertz CT molecular complexity index is 484. The molecule has 2 unspecified atom stereocenters. The first-order chi connectivity index (χ1) is 8.20. The van der Waals surface area contributed by atoms with E-state index < -0.39 is 11.1 Å². The SMILES string of the molecule is CC1(N)C=CC(=C2C=CC(C)(N)C=C2Br)C(Br)=C1. The van der Waals surface area contributed by atoms with Gasteiger partial charge in [-0.15, -0.1) is 0 Å². The van der Waals surface area contributed by atoms with Gasteiger partial charge in [-0.3, -0.25) is 0 Å². The lowest BCUT2D eigenvalue weighted by Gasteiger charge is -2.26. The van der Waals surface area contributed by atoms with Gasteiger partial charge in [0.15, 0.2) is 0 Å². The Morgan fingerprint density at radius 1 is 0.833 bits per heavy atom. The van der Waals surface area contributed by atoms with Gasteiger partial charge < -0.3 is 11.5 Å². The molecule has 2 aliphatic carbocycles. The van der Waals surface area contributed by atoms with Crippen molar-refractivity contribution in [2.75, 3.05) is 0 Å². The molecule has 0 aromatic heterocycles. The molecule has 2 nitrogen and oxygen atoms in total. The summed E-state index contributed by atoms with van der Waals surface area (Å²) in [4.78, 5) is 0. The Morgan fingerprint density at radius 3 is 1.44 bits per heavy atom. The van der Waals surface area contributed by atoms with Crippen molar-refractivity contribution in [3.8, 4) is 0 Å². The van der Waals surface area contributed by atoms with Crippen LogP contribution in [0.3, 0.4) is 0 Å². The normalized spacial score (nSPS) is 39.7. The smallest absolute Gasteiger partial charge is 0.0513 e. The average molecular weight is 372 g/mol. The van der Waals surface area contributed by atoms with Gasteiger partial charge in [-0.05, 0) is 37.1 Å². The molecule has 4 N–H and O–H groups in total. The fourth-order valence-corrected chi connectivity index (χ4v) is 3.60. The number of halogens is 2. The predicted octanol–water partition coefficient (Wildman–Crippen LogP) is 3.42. The Morgan fingerprint density at radius 2 is 1.17 bits per heavy atom. The molecule has 0 radical (unpaired) electrons. The van der Waals surface area contributed by atoms with Crippen LogP contribution in [0.2, 0.25) is 0 Å². The largest absolute Gasteiger partial charge is 0.319 e. The fraction of sp³-hybridized carbons (Fsp3) is 0.286. The molecule has 0 aromatic rings. The van der Waals surface area contributed by atoms with E-state index in [0.717, 1.165) is 20.1 Å². The maximum Gasteiger partial charge on any atom is 0.0513 e. The van der Waals surface area contributed by atoms with Crippen LogP contribution in [0.5, 0.6) is 0 Å². The molecule has 0 heterocycles. The highest BCUT2D eigenvalue weighted by atomic mass is 79.9. The lowest BCUT2D eigenvalue weighted by atomic mass is 9.89. The van der Waals surface area contributed by atoms with Gasteiger partial charge in [0.05, 0.1) is 11.1 Å². The standard InChI is InChI=1S/C14H16Br2N2/c1-13(17)5-3-9(11(15)7-13)10-4-6-14(2,18)8-12(10)16/h3-8H,17-18H2,1-2H3. The van der Waals surface area contributed by atoms with Crippen LogP contribution in [0, 0.1) is 0 Å². The van der Waals surface area contributed by atoms with Crippen molar-refractivity contribution in [1.29, 1.82) is 0 Å². The van der Waals surface area contributed by atoms with E-state index in [1.165, 1.54) is 0 Å². The van der Waals surface area contributed by atoms with Gasteiger partial charge in [-0.2, -0.15) is 0 Å². The van der Waals surface area contributed by atoms with Crippen LogP contribution in [0.15, 0.2) is 56.6 Å². The Balaban J connectivity index is 2.47. The number of nitrogens with two attached hydrogens (primary N) is 2. The van der Waals surface area contributed by atoms with Crippen molar-refractivity contribution in [3.05, 3.63) is 56.6 Å². The van der Waals surface area contributed by atoms with E-state index in [0.29, 0.717) is 0 Å². The minimum atomic E-state index is -0.403. The predicted molar refractivity (Wildman–Crippen MR) is 84.5 cm³/mol. The first-order valence-corrected chi connectivity index (χ1v) is 7.27. The molecule has 18 heavy (non-hydrogen) atoms. The van der Waals surface area contributed by atoms with Crippen molar-refractivity contribution in [1.82, 2.24) is 0 Å². The molecule has 0 spiro atoms. The molecule has 2 aliphatic rings. The van der Waals surface area contributed by atoms with Crippen molar-refractivity contribution in [2.24, 2.45) is 11.5 Å². The molecule has 0 aliphatic heterocycles. The lowest BCUT2D eigenvalue weighted by molar-refractivity contribution is 0.723. The van der Waals surface area contributed by atoms with E-state index >= 15 is 0 Å². The molecule has 0 saturated heterocycles. The zero-order valence-electron chi connectivity index (χ0n) is 10.4. The zero-order valence-corrected chi connectivity index (χ0v) is 13.5. The third kappa shape index (κ3) is 2.94. The van der Waals surface area contributed by atoms with Crippen LogP contribution >= 0.6 is 31.9 Å². The van der Waals surface area contributed by atoms with Crippen molar-refractivity contribution in [3.63, 3.8) is 0 Å². The molecule has 0 fully saturated rings. The van der Waals surface area contributed by atoms with Gasteiger partial charge in [0.2, 0.25) is 0 Å². The van der Waals surface area contributed by atoms with E-state index in [1.54, 1.807) is 0 Å². The van der Waals surface area contributed by atoms with E-state index in [2.05, 4.69) is 31.9 Å². The Hall–Kier alpha value is -0.420. The summed E-state index contributed by atoms with van der Waals surface area (Å²) < 4.78 is 2.00. The minimum absolute atomic E-state index is 0.403. The van der Waals surface area contributed by atoms with Gasteiger partial charge >= 0.3 is 0 Å². The topological polar surface area (TPSA) is 52.0 Å². The highest BCUT2D eigenvalue weighted by Crippen LogP contribution is 2.36. The summed E-state index contributed by atoms with van der Waals surface area (Å²) in [5, 5.41) is 0. The highest BCUT2D eigenvalue weighted by Gasteiger charge is 2.23. The van der Waals surface area contributed by atoms with E-state index in [9.17, 15) is 0 Å². The number of rotatable bonds is 0. The zero-order chi connectivity index (χ0) is 13.6. The third-order valence-corrected chi connectivity index (χ3v) is 4.21. The maximum atomic E-state index is 6.06. The summed E-state index contributed by atoms with van der Waals surface area (Å²) in [6.07, 6.45) is 12.1. The van der Waals surface area contributed by atoms with E-state index in [4.69, 9.17) is 11.5 Å². The number of hydrogen-bond donors (Lipinski definition) is 2. The summed E-state index contributed by atoms with van der Waals surface area (Å²) in [6.45, 7) is 3.93. The molecule has 0 aromatic carbocycles. The van der Waals surface area contributed by atoms with Crippen LogP contribution in [-0.2, 0) is 0 Å². The van der Waals surface area contributed by atoms with Gasteiger partial charge in [-0.1, -0.05) is 56.2 Å². The summed E-state index contributed by atoms with van der Waals surface area (Å²) in [5.41, 5.74) is 13.5. The molecule has 0 amide bonds. The summed E-state index contributed by atoms with van der Waals surface area (Å²) in [5.74, 6) is 0. The quantitative estimate of drug-likeness (QED) is 0.685. The minimum Gasteiger partial charge on any atom is -0.319 e. The molecule has 2 rings (SSSR count). The van der Waals surface area contributed by atoms with Gasteiger partial charge in [-0.25, -0.2) is 0 Å². The average Bonchev–Trinajstić information content (AvgIpc) is 2.17. The van der Waals surface area contributed by atoms with Crippen molar-refractivity contribution >= 4 is 31.9 Å². The van der Waals surface area contributed by atoms with E-state index in [-0.39, 0.29) is 0 Å². The van der Waals surface area contributed by atoms with Crippen molar-refractivity contribution in [2.45, 2.75) is 24.9 Å². The molecule has 0 bridgehead atoms. The van der Waals surface area contributed by atoms with Crippen LogP contribution in [0.25, 0.3) is 0 Å². The third-order valence-electron chi connectivity index (χ3n) is 2.90. The van der Waals surface area contributed by atoms with Crippen LogP contribution in [0.4, 0.5) is 0 Å². The number of allylic oxidation sites excluding steroid dienone is 6. The second kappa shape index (κ2) is 4.60. The monoisotopic (exact) mass is 370 g/mol. The number of hydrogen-bond acceptors (Lipinski definition) is 2. The summed E-state index contributed by atoms with van der Waals surface area (Å²) >= 11 is 7.16. The second-order valence-corrected chi connectivity index (χ2v) is 6.92. The van der Waals surface area contributed by atoms with Gasteiger partial charge in [0.1, 0.15) is 0 Å². The molecule has 96 valence electrons. The van der Waals surface area contributed by atoms with Crippen LogP contribution in [0.1, 0.15) is 13.8 Å². The first kappa shape index (κ1) is 14.0.